The molecule has 0 saturated heterocycles. The first kappa shape index (κ1) is 13.4. The summed E-state index contributed by atoms with van der Waals surface area (Å²) >= 11 is 3.42. The van der Waals surface area contributed by atoms with Crippen LogP contribution in [0, 0.1) is 0 Å². The van der Waals surface area contributed by atoms with Crippen molar-refractivity contribution < 1.29 is 9.53 Å². The Morgan fingerprint density at radius 3 is 2.94 bits per heavy atom. The molecule has 1 aliphatic carbocycles. The van der Waals surface area contributed by atoms with Crippen LogP contribution in [0.4, 0.5) is 0 Å². The van der Waals surface area contributed by atoms with Gasteiger partial charge in [-0.05, 0) is 31.0 Å². The van der Waals surface area contributed by atoms with Crippen LogP contribution in [-0.2, 0) is 11.3 Å². The number of methoxy groups -OCH3 is 1. The van der Waals surface area contributed by atoms with Crippen molar-refractivity contribution >= 4 is 21.8 Å². The third-order valence-corrected chi connectivity index (χ3v) is 3.28. The van der Waals surface area contributed by atoms with E-state index in [2.05, 4.69) is 26.6 Å². The van der Waals surface area contributed by atoms with Gasteiger partial charge in [0.2, 0.25) is 5.91 Å². The van der Waals surface area contributed by atoms with Crippen LogP contribution in [0.15, 0.2) is 22.7 Å². The normalized spacial score (nSPS) is 14.3. The van der Waals surface area contributed by atoms with E-state index in [0.717, 1.165) is 28.6 Å². The van der Waals surface area contributed by atoms with Gasteiger partial charge >= 0.3 is 0 Å². The summed E-state index contributed by atoms with van der Waals surface area (Å²) in [5, 5.41) is 6.06. The molecule has 2 rings (SSSR count). The van der Waals surface area contributed by atoms with Gasteiger partial charge < -0.3 is 15.4 Å². The van der Waals surface area contributed by atoms with Crippen molar-refractivity contribution in [2.45, 2.75) is 25.4 Å². The third-order valence-electron chi connectivity index (χ3n) is 2.79. The molecule has 0 unspecified atom stereocenters. The molecule has 0 aliphatic heterocycles. The second-order valence-corrected chi connectivity index (χ2v) is 5.32. The largest absolute Gasteiger partial charge is 0.496 e. The van der Waals surface area contributed by atoms with E-state index >= 15 is 0 Å². The van der Waals surface area contributed by atoms with Crippen molar-refractivity contribution in [1.82, 2.24) is 10.6 Å². The van der Waals surface area contributed by atoms with Crippen molar-refractivity contribution in [3.8, 4) is 5.75 Å². The van der Waals surface area contributed by atoms with Gasteiger partial charge in [0.25, 0.3) is 0 Å². The first-order valence-corrected chi connectivity index (χ1v) is 6.81. The van der Waals surface area contributed by atoms with Gasteiger partial charge in [-0.3, -0.25) is 4.79 Å². The molecule has 0 spiro atoms. The molecule has 98 valence electrons. The number of carbonyl (C=O) groups excluding carboxylic acids is 1. The maximum absolute atomic E-state index is 11.5. The van der Waals surface area contributed by atoms with Crippen LogP contribution < -0.4 is 15.4 Å². The minimum Gasteiger partial charge on any atom is -0.496 e. The topological polar surface area (TPSA) is 50.4 Å². The lowest BCUT2D eigenvalue weighted by molar-refractivity contribution is -0.120. The van der Waals surface area contributed by atoms with Crippen LogP contribution in [0.1, 0.15) is 18.4 Å². The molecular weight excluding hydrogens is 296 g/mol. The summed E-state index contributed by atoms with van der Waals surface area (Å²) in [5.74, 6) is 0.889. The summed E-state index contributed by atoms with van der Waals surface area (Å²) in [4.78, 5) is 11.5. The molecule has 0 heterocycles. The maximum atomic E-state index is 11.5. The number of hydrogen-bond acceptors (Lipinski definition) is 3. The molecule has 1 aromatic carbocycles. The zero-order valence-electron chi connectivity index (χ0n) is 10.3. The van der Waals surface area contributed by atoms with E-state index in [1.165, 1.54) is 0 Å². The first-order valence-electron chi connectivity index (χ1n) is 6.01. The van der Waals surface area contributed by atoms with Gasteiger partial charge in [0.1, 0.15) is 5.75 Å². The van der Waals surface area contributed by atoms with Gasteiger partial charge in [-0.1, -0.05) is 15.9 Å². The van der Waals surface area contributed by atoms with Gasteiger partial charge in [0.15, 0.2) is 0 Å². The van der Waals surface area contributed by atoms with Gasteiger partial charge in [0.05, 0.1) is 13.7 Å². The summed E-state index contributed by atoms with van der Waals surface area (Å²) in [7, 11) is 1.65. The van der Waals surface area contributed by atoms with Crippen molar-refractivity contribution in [2.75, 3.05) is 13.7 Å². The summed E-state index contributed by atoms with van der Waals surface area (Å²) in [5.41, 5.74) is 1.03. The highest BCUT2D eigenvalue weighted by atomic mass is 79.9. The molecular formula is C13H17BrN2O2. The molecule has 1 aromatic rings. The molecule has 1 fully saturated rings. The predicted octanol–water partition coefficient (Wildman–Crippen LogP) is 1.83. The molecule has 0 aromatic heterocycles. The van der Waals surface area contributed by atoms with E-state index in [9.17, 15) is 4.79 Å². The molecule has 1 amide bonds. The monoisotopic (exact) mass is 312 g/mol. The fourth-order valence-electron chi connectivity index (χ4n) is 1.70. The Labute approximate surface area is 115 Å². The van der Waals surface area contributed by atoms with Crippen molar-refractivity contribution in [3.63, 3.8) is 0 Å². The van der Waals surface area contributed by atoms with Crippen LogP contribution in [0.5, 0.6) is 5.75 Å². The average molecular weight is 313 g/mol. The lowest BCUT2D eigenvalue weighted by atomic mass is 10.2. The van der Waals surface area contributed by atoms with Crippen LogP contribution >= 0.6 is 15.9 Å². The zero-order valence-corrected chi connectivity index (χ0v) is 11.9. The van der Waals surface area contributed by atoms with E-state index in [-0.39, 0.29) is 5.91 Å². The minimum absolute atomic E-state index is 0.0615. The molecule has 4 nitrogen and oxygen atoms in total. The molecule has 18 heavy (non-hydrogen) atoms. The van der Waals surface area contributed by atoms with Crippen LogP contribution in [0.2, 0.25) is 0 Å². The number of carbonyl (C=O) groups is 1. The Hall–Kier alpha value is -1.07. The fraction of sp³-hybridized carbons (Fsp3) is 0.462. The Kier molecular flexibility index (Phi) is 4.60. The fourth-order valence-corrected chi connectivity index (χ4v) is 2.11. The Morgan fingerprint density at radius 1 is 1.50 bits per heavy atom. The van der Waals surface area contributed by atoms with Gasteiger partial charge in [-0.2, -0.15) is 0 Å². The standard InChI is InChI=1S/C13H17BrN2O2/c1-18-12-5-2-10(14)6-9(12)7-15-8-13(17)16-11-3-4-11/h2,5-6,11,15H,3-4,7-8H2,1H3,(H,16,17). The summed E-state index contributed by atoms with van der Waals surface area (Å²) in [6, 6.07) is 6.25. The Morgan fingerprint density at radius 2 is 2.28 bits per heavy atom. The number of nitrogens with one attached hydrogen (secondary N) is 2. The lowest BCUT2D eigenvalue weighted by Gasteiger charge is -2.10. The Bertz CT molecular complexity index is 433. The van der Waals surface area contributed by atoms with Crippen LogP contribution in [-0.4, -0.2) is 25.6 Å². The highest BCUT2D eigenvalue weighted by Crippen LogP contribution is 2.22. The smallest absolute Gasteiger partial charge is 0.234 e. The first-order chi connectivity index (χ1) is 8.69. The second-order valence-electron chi connectivity index (χ2n) is 4.40. The molecule has 2 N–H and O–H groups in total. The van der Waals surface area contributed by atoms with Crippen molar-refractivity contribution in [3.05, 3.63) is 28.2 Å². The highest BCUT2D eigenvalue weighted by Gasteiger charge is 2.22. The van der Waals surface area contributed by atoms with Gasteiger partial charge in [-0.15, -0.1) is 0 Å². The highest BCUT2D eigenvalue weighted by molar-refractivity contribution is 9.10. The van der Waals surface area contributed by atoms with E-state index in [1.807, 2.05) is 18.2 Å². The van der Waals surface area contributed by atoms with Gasteiger partial charge in [0, 0.05) is 22.6 Å². The number of amides is 1. The maximum Gasteiger partial charge on any atom is 0.234 e. The third kappa shape index (κ3) is 3.99. The number of halogens is 1. The molecule has 1 saturated carbocycles. The minimum atomic E-state index is 0.0615. The zero-order chi connectivity index (χ0) is 13.0. The summed E-state index contributed by atoms with van der Waals surface area (Å²) in [6.45, 7) is 0.951. The van der Waals surface area contributed by atoms with E-state index < -0.39 is 0 Å². The second kappa shape index (κ2) is 6.20. The lowest BCUT2D eigenvalue weighted by Crippen LogP contribution is -2.34. The van der Waals surface area contributed by atoms with E-state index in [4.69, 9.17) is 4.74 Å². The predicted molar refractivity (Wildman–Crippen MR) is 73.6 cm³/mol. The number of hydrogen-bond donors (Lipinski definition) is 2. The molecule has 0 atom stereocenters. The number of ether oxygens (including phenoxy) is 1. The number of benzene rings is 1. The quantitative estimate of drug-likeness (QED) is 0.842. The van der Waals surface area contributed by atoms with Crippen molar-refractivity contribution in [2.24, 2.45) is 0 Å². The van der Waals surface area contributed by atoms with Crippen LogP contribution in [0.25, 0.3) is 0 Å². The van der Waals surface area contributed by atoms with E-state index in [1.54, 1.807) is 7.11 Å². The molecule has 1 aliphatic rings. The van der Waals surface area contributed by atoms with E-state index in [0.29, 0.717) is 19.1 Å². The number of rotatable bonds is 6. The van der Waals surface area contributed by atoms with Crippen molar-refractivity contribution in [1.29, 1.82) is 0 Å². The Balaban J connectivity index is 1.81. The SMILES string of the molecule is COc1ccc(Br)cc1CNCC(=O)NC1CC1. The van der Waals surface area contributed by atoms with Gasteiger partial charge in [-0.25, -0.2) is 0 Å². The molecule has 5 heteroatoms. The summed E-state index contributed by atoms with van der Waals surface area (Å²) < 4.78 is 6.27. The molecule has 0 radical (unpaired) electrons. The molecule has 0 bridgehead atoms. The summed E-state index contributed by atoms with van der Waals surface area (Å²) in [6.07, 6.45) is 2.23. The van der Waals surface area contributed by atoms with Crippen LogP contribution in [0.3, 0.4) is 0 Å². The average Bonchev–Trinajstić information content (AvgIpc) is 3.13.